The lowest BCUT2D eigenvalue weighted by atomic mass is 10.1. The molecule has 0 aliphatic heterocycles. The lowest BCUT2D eigenvalue weighted by Gasteiger charge is -2.18. The smallest absolute Gasteiger partial charge is 0.135 e. The van der Waals surface area contributed by atoms with Gasteiger partial charge in [0.25, 0.3) is 0 Å². The predicted molar refractivity (Wildman–Crippen MR) is 122 cm³/mol. The Balaban J connectivity index is 1.64. The zero-order valence-corrected chi connectivity index (χ0v) is 17.6. The van der Waals surface area contributed by atoms with Crippen molar-refractivity contribution in [2.45, 2.75) is 13.1 Å². The molecule has 0 aromatic heterocycles. The van der Waals surface area contributed by atoms with Gasteiger partial charge in [-0.2, -0.15) is 0 Å². The summed E-state index contributed by atoms with van der Waals surface area (Å²) < 4.78 is 44.9. The molecule has 0 spiro atoms. The summed E-state index contributed by atoms with van der Waals surface area (Å²) in [6.45, 7) is 0.247. The van der Waals surface area contributed by atoms with Gasteiger partial charge in [-0.15, -0.1) is 0 Å². The van der Waals surface area contributed by atoms with Crippen LogP contribution in [0.5, 0.6) is 34.5 Å². The van der Waals surface area contributed by atoms with Gasteiger partial charge in [0.05, 0.1) is 11.1 Å². The van der Waals surface area contributed by atoms with Gasteiger partial charge < -0.3 is 25.7 Å². The molecule has 4 aromatic carbocycles. The number of hydrogen-bond donors (Lipinski definition) is 2. The third kappa shape index (κ3) is 5.28. The summed E-state index contributed by atoms with van der Waals surface area (Å²) in [6, 6.07) is 22.1. The first-order valence-electron chi connectivity index (χ1n) is 10.3. The first-order chi connectivity index (χ1) is 16.1. The summed E-state index contributed by atoms with van der Waals surface area (Å²) in [6.07, 6.45) is 0. The first kappa shape index (κ1) is 22.3. The highest BCUT2D eigenvalue weighted by molar-refractivity contribution is 5.52. The van der Waals surface area contributed by atoms with Crippen molar-refractivity contribution >= 4 is 0 Å². The van der Waals surface area contributed by atoms with Crippen LogP contribution in [0.1, 0.15) is 11.1 Å². The van der Waals surface area contributed by atoms with Gasteiger partial charge in [-0.1, -0.05) is 24.3 Å². The van der Waals surface area contributed by atoms with Crippen LogP contribution in [0.2, 0.25) is 0 Å². The van der Waals surface area contributed by atoms with E-state index < -0.39 is 11.6 Å². The molecule has 0 heterocycles. The van der Waals surface area contributed by atoms with Gasteiger partial charge in [0, 0.05) is 25.2 Å². The normalized spacial score (nSPS) is 10.7. The molecule has 168 valence electrons. The summed E-state index contributed by atoms with van der Waals surface area (Å²) in [5.41, 5.74) is 13.2. The molecule has 0 atom stereocenters. The minimum Gasteiger partial charge on any atom is -0.457 e. The van der Waals surface area contributed by atoms with Crippen LogP contribution in [0.3, 0.4) is 0 Å². The third-order valence-electron chi connectivity index (χ3n) is 4.86. The Kier molecular flexibility index (Phi) is 6.83. The standard InChI is InChI=1S/C26H22F2N2O3/c27-17-5-1-7-19(13-17)31-23-9-3-11-25(21(23)15-29)33-26-12-4-10-24(22(26)16-30)32-20-8-2-6-18(28)14-20/h1-14H,15-16,29-30H2. The quantitative estimate of drug-likeness (QED) is 0.333. The molecular formula is C26H22F2N2O3. The molecule has 5 nitrogen and oxygen atoms in total. The van der Waals surface area contributed by atoms with E-state index in [9.17, 15) is 8.78 Å². The van der Waals surface area contributed by atoms with Gasteiger partial charge >= 0.3 is 0 Å². The van der Waals surface area contributed by atoms with E-state index >= 15 is 0 Å². The highest BCUT2D eigenvalue weighted by Gasteiger charge is 2.16. The summed E-state index contributed by atoms with van der Waals surface area (Å²) in [5.74, 6) is 1.69. The zero-order valence-electron chi connectivity index (χ0n) is 17.6. The van der Waals surface area contributed by atoms with E-state index in [2.05, 4.69) is 0 Å². The summed E-state index contributed by atoms with van der Waals surface area (Å²) in [4.78, 5) is 0. The van der Waals surface area contributed by atoms with Crippen molar-refractivity contribution in [3.05, 3.63) is 108 Å². The fraction of sp³-hybridized carbons (Fsp3) is 0.0769. The van der Waals surface area contributed by atoms with Crippen LogP contribution in [-0.2, 0) is 13.1 Å². The van der Waals surface area contributed by atoms with E-state index in [1.807, 2.05) is 0 Å². The topological polar surface area (TPSA) is 79.7 Å². The highest BCUT2D eigenvalue weighted by atomic mass is 19.1. The number of halogens is 2. The molecule has 0 amide bonds. The molecule has 0 saturated carbocycles. The molecule has 0 aliphatic carbocycles. The van der Waals surface area contributed by atoms with Crippen LogP contribution in [0.4, 0.5) is 8.78 Å². The van der Waals surface area contributed by atoms with Crippen LogP contribution < -0.4 is 25.7 Å². The highest BCUT2D eigenvalue weighted by Crippen LogP contribution is 2.38. The van der Waals surface area contributed by atoms with Gasteiger partial charge in [0.2, 0.25) is 0 Å². The second kappa shape index (κ2) is 10.1. The van der Waals surface area contributed by atoms with Crippen LogP contribution in [0, 0.1) is 11.6 Å². The summed E-state index contributed by atoms with van der Waals surface area (Å²) in [5, 5.41) is 0. The Labute approximate surface area is 190 Å². The van der Waals surface area contributed by atoms with Gasteiger partial charge in [0.15, 0.2) is 0 Å². The van der Waals surface area contributed by atoms with Crippen LogP contribution in [0.25, 0.3) is 0 Å². The van der Waals surface area contributed by atoms with E-state index in [1.165, 1.54) is 24.3 Å². The minimum atomic E-state index is -0.406. The number of hydrogen-bond acceptors (Lipinski definition) is 5. The van der Waals surface area contributed by atoms with Gasteiger partial charge in [-0.3, -0.25) is 0 Å². The van der Waals surface area contributed by atoms with E-state index in [4.69, 9.17) is 25.7 Å². The fourth-order valence-electron chi connectivity index (χ4n) is 3.31. The maximum absolute atomic E-state index is 13.5. The van der Waals surface area contributed by atoms with Crippen molar-refractivity contribution in [2.24, 2.45) is 11.5 Å². The van der Waals surface area contributed by atoms with Crippen molar-refractivity contribution in [3.8, 4) is 34.5 Å². The summed E-state index contributed by atoms with van der Waals surface area (Å²) >= 11 is 0. The van der Waals surface area contributed by atoms with E-state index in [0.29, 0.717) is 45.6 Å². The Bertz CT molecular complexity index is 1170. The molecule has 4 rings (SSSR count). The van der Waals surface area contributed by atoms with Crippen molar-refractivity contribution < 1.29 is 23.0 Å². The molecule has 0 fully saturated rings. The number of nitrogens with two attached hydrogens (primary N) is 2. The molecular weight excluding hydrogens is 426 g/mol. The van der Waals surface area contributed by atoms with Crippen LogP contribution in [0.15, 0.2) is 84.9 Å². The third-order valence-corrected chi connectivity index (χ3v) is 4.86. The molecule has 33 heavy (non-hydrogen) atoms. The largest absolute Gasteiger partial charge is 0.457 e. The van der Waals surface area contributed by atoms with Crippen molar-refractivity contribution in [1.29, 1.82) is 0 Å². The molecule has 7 heteroatoms. The average Bonchev–Trinajstić information content (AvgIpc) is 2.80. The van der Waals surface area contributed by atoms with Crippen molar-refractivity contribution in [2.75, 3.05) is 0 Å². The first-order valence-corrected chi connectivity index (χ1v) is 10.3. The Morgan fingerprint density at radius 2 is 0.879 bits per heavy atom. The Hall–Kier alpha value is -3.94. The molecule has 0 saturated heterocycles. The molecule has 0 aliphatic rings. The molecule has 4 aromatic rings. The Morgan fingerprint density at radius 1 is 0.515 bits per heavy atom. The lowest BCUT2D eigenvalue weighted by molar-refractivity contribution is 0.435. The van der Waals surface area contributed by atoms with Crippen molar-refractivity contribution in [1.82, 2.24) is 0 Å². The number of benzene rings is 4. The van der Waals surface area contributed by atoms with E-state index in [1.54, 1.807) is 60.7 Å². The van der Waals surface area contributed by atoms with Gasteiger partial charge in [-0.25, -0.2) is 8.78 Å². The van der Waals surface area contributed by atoms with Crippen LogP contribution in [-0.4, -0.2) is 0 Å². The van der Waals surface area contributed by atoms with E-state index in [0.717, 1.165) is 0 Å². The molecule has 0 bridgehead atoms. The fourth-order valence-corrected chi connectivity index (χ4v) is 3.31. The molecule has 0 radical (unpaired) electrons. The van der Waals surface area contributed by atoms with E-state index in [-0.39, 0.29) is 13.1 Å². The summed E-state index contributed by atoms with van der Waals surface area (Å²) in [7, 11) is 0. The van der Waals surface area contributed by atoms with Gasteiger partial charge in [-0.05, 0) is 48.5 Å². The second-order valence-electron chi connectivity index (χ2n) is 7.09. The Morgan fingerprint density at radius 3 is 1.24 bits per heavy atom. The van der Waals surface area contributed by atoms with Crippen molar-refractivity contribution in [3.63, 3.8) is 0 Å². The zero-order chi connectivity index (χ0) is 23.2. The second-order valence-corrected chi connectivity index (χ2v) is 7.09. The SMILES string of the molecule is NCc1c(Oc2cccc(F)c2)cccc1Oc1cccc(Oc2cccc(F)c2)c1CN. The predicted octanol–water partition coefficient (Wildman–Crippen LogP) is 6.26. The minimum absolute atomic E-state index is 0.123. The maximum Gasteiger partial charge on any atom is 0.135 e. The molecule has 4 N–H and O–H groups in total. The lowest BCUT2D eigenvalue weighted by Crippen LogP contribution is -2.05. The van der Waals surface area contributed by atoms with Gasteiger partial charge in [0.1, 0.15) is 46.1 Å². The molecule has 0 unspecified atom stereocenters. The number of rotatable bonds is 8. The van der Waals surface area contributed by atoms with Crippen LogP contribution >= 0.6 is 0 Å². The maximum atomic E-state index is 13.5. The number of ether oxygens (including phenoxy) is 3. The average molecular weight is 448 g/mol. The monoisotopic (exact) mass is 448 g/mol.